The minimum Gasteiger partial charge on any atom is -0.282 e. The van der Waals surface area contributed by atoms with E-state index in [0.717, 1.165) is 24.6 Å². The molecule has 4 rings (SSSR count). The molecule has 1 aromatic rings. The number of carbonyl (C=O) groups is 2. The number of thioether (sulfide) groups is 1. The first-order chi connectivity index (χ1) is 11.0. The van der Waals surface area contributed by atoms with E-state index in [1.165, 1.54) is 4.31 Å². The van der Waals surface area contributed by atoms with Gasteiger partial charge in [-0.15, -0.1) is 0 Å². The lowest BCUT2D eigenvalue weighted by Crippen LogP contribution is -2.38. The minimum atomic E-state index is -3.56. The first-order valence-electron chi connectivity index (χ1n) is 7.32. The molecule has 1 saturated carbocycles. The molecule has 23 heavy (non-hydrogen) atoms. The van der Waals surface area contributed by atoms with Crippen molar-refractivity contribution in [1.29, 1.82) is 0 Å². The highest BCUT2D eigenvalue weighted by Crippen LogP contribution is 2.41. The molecule has 120 valence electrons. The van der Waals surface area contributed by atoms with Gasteiger partial charge in [-0.05, 0) is 42.2 Å². The number of rotatable bonds is 2. The summed E-state index contributed by atoms with van der Waals surface area (Å²) < 4.78 is 27.0. The maximum absolute atomic E-state index is 12.8. The molecule has 1 N–H and O–H groups in total. The Hall–Kier alpha value is -1.64. The third kappa shape index (κ3) is 2.50. The van der Waals surface area contributed by atoms with Gasteiger partial charge in [0.15, 0.2) is 0 Å². The maximum atomic E-state index is 12.8. The van der Waals surface area contributed by atoms with E-state index in [9.17, 15) is 18.0 Å². The van der Waals surface area contributed by atoms with Crippen molar-refractivity contribution >= 4 is 38.5 Å². The smallest absolute Gasteiger partial charge is 0.282 e. The number of sulfonamides is 1. The van der Waals surface area contributed by atoms with Crippen molar-refractivity contribution in [2.24, 2.45) is 5.92 Å². The van der Waals surface area contributed by atoms with Crippen molar-refractivity contribution in [1.82, 2.24) is 9.62 Å². The van der Waals surface area contributed by atoms with Crippen LogP contribution in [0.4, 0.5) is 4.79 Å². The van der Waals surface area contributed by atoms with Gasteiger partial charge in [0.25, 0.3) is 11.1 Å². The van der Waals surface area contributed by atoms with Crippen molar-refractivity contribution in [3.05, 3.63) is 34.7 Å². The topological polar surface area (TPSA) is 83.6 Å². The summed E-state index contributed by atoms with van der Waals surface area (Å²) in [6.07, 6.45) is 2.07. The molecule has 2 aliphatic heterocycles. The molecular weight excluding hydrogens is 336 g/mol. The predicted octanol–water partition coefficient (Wildman–Crippen LogP) is 1.79. The largest absolute Gasteiger partial charge is 0.290 e. The Morgan fingerprint density at radius 2 is 1.96 bits per heavy atom. The molecule has 0 unspecified atom stereocenters. The third-order valence-electron chi connectivity index (χ3n) is 4.21. The Balaban J connectivity index is 1.88. The monoisotopic (exact) mass is 350 g/mol. The molecule has 0 radical (unpaired) electrons. The lowest BCUT2D eigenvalue weighted by molar-refractivity contribution is -0.115. The normalized spacial score (nSPS) is 27.0. The molecule has 0 aromatic heterocycles. The second kappa shape index (κ2) is 5.19. The van der Waals surface area contributed by atoms with E-state index in [4.69, 9.17) is 0 Å². The third-order valence-corrected chi connectivity index (χ3v) is 7.01. The van der Waals surface area contributed by atoms with Crippen molar-refractivity contribution in [2.45, 2.75) is 17.7 Å². The first kappa shape index (κ1) is 14.9. The predicted molar refractivity (Wildman–Crippen MR) is 86.0 cm³/mol. The Bertz CT molecular complexity index is 856. The summed E-state index contributed by atoms with van der Waals surface area (Å²) in [7, 11) is -3.56. The van der Waals surface area contributed by atoms with Gasteiger partial charge in [-0.2, -0.15) is 4.31 Å². The van der Waals surface area contributed by atoms with E-state index < -0.39 is 21.2 Å². The van der Waals surface area contributed by atoms with Crippen LogP contribution in [0, 0.1) is 5.92 Å². The molecule has 1 aliphatic carbocycles. The zero-order valence-electron chi connectivity index (χ0n) is 12.1. The number of imide groups is 1. The lowest BCUT2D eigenvalue weighted by Gasteiger charge is -2.30. The Kier molecular flexibility index (Phi) is 3.36. The molecule has 1 saturated heterocycles. The van der Waals surface area contributed by atoms with Gasteiger partial charge < -0.3 is 0 Å². The van der Waals surface area contributed by atoms with Crippen molar-refractivity contribution < 1.29 is 18.0 Å². The number of nitrogens with zero attached hydrogens (tertiary/aromatic N) is 1. The van der Waals surface area contributed by atoms with Gasteiger partial charge in [-0.25, -0.2) is 8.42 Å². The molecule has 2 fully saturated rings. The minimum absolute atomic E-state index is 0.138. The summed E-state index contributed by atoms with van der Waals surface area (Å²) in [5.74, 6) is -0.0524. The van der Waals surface area contributed by atoms with Crippen LogP contribution in [0.25, 0.3) is 5.57 Å². The Morgan fingerprint density at radius 3 is 2.61 bits per heavy atom. The van der Waals surface area contributed by atoms with E-state index in [1.54, 1.807) is 24.3 Å². The summed E-state index contributed by atoms with van der Waals surface area (Å²) in [5, 5.41) is 1.82. The Morgan fingerprint density at radius 1 is 1.22 bits per heavy atom. The molecule has 6 nitrogen and oxygen atoms in total. The summed E-state index contributed by atoms with van der Waals surface area (Å²) in [6.45, 7) is 0.604. The first-order valence-corrected chi connectivity index (χ1v) is 9.58. The highest BCUT2D eigenvalue weighted by molar-refractivity contribution is 8.18. The average molecular weight is 350 g/mol. The number of hydrogen-bond acceptors (Lipinski definition) is 5. The van der Waals surface area contributed by atoms with Crippen LogP contribution in [0.1, 0.15) is 18.4 Å². The number of benzene rings is 1. The Labute approximate surface area is 138 Å². The molecule has 2 amide bonds. The molecule has 1 aromatic carbocycles. The molecule has 0 bridgehead atoms. The van der Waals surface area contributed by atoms with Gasteiger partial charge >= 0.3 is 0 Å². The number of carbonyl (C=O) groups excluding carboxylic acids is 2. The van der Waals surface area contributed by atoms with Crippen molar-refractivity contribution in [3.63, 3.8) is 0 Å². The van der Waals surface area contributed by atoms with Crippen LogP contribution in [-0.2, 0) is 14.8 Å². The number of amides is 2. The van der Waals surface area contributed by atoms with Crippen LogP contribution in [0.5, 0.6) is 0 Å². The van der Waals surface area contributed by atoms with Gasteiger partial charge in [0.1, 0.15) is 0 Å². The number of nitrogens with one attached hydrogen (secondary N) is 1. The fraction of sp³-hybridized carbons (Fsp3) is 0.333. The summed E-state index contributed by atoms with van der Waals surface area (Å²) in [5.41, 5.74) is 1.14. The lowest BCUT2D eigenvalue weighted by atomic mass is 10.0. The summed E-state index contributed by atoms with van der Waals surface area (Å²) >= 11 is 0.839. The van der Waals surface area contributed by atoms with Gasteiger partial charge in [-0.1, -0.05) is 18.2 Å². The molecule has 0 spiro atoms. The maximum Gasteiger partial charge on any atom is 0.290 e. The summed E-state index contributed by atoms with van der Waals surface area (Å²) in [6, 6.07) is 6.67. The van der Waals surface area contributed by atoms with Gasteiger partial charge in [0.05, 0.1) is 9.80 Å². The fourth-order valence-corrected chi connectivity index (χ4v) is 5.36. The van der Waals surface area contributed by atoms with E-state index in [1.807, 2.05) is 0 Å². The standard InChI is InChI=1S/C15H14N2O4S2/c18-14-13(22-15(19)16-14)11-8-17(7-9-5-6-9)23(20,21)12-4-2-1-3-10(11)12/h1-4,9H,5-8H2,(H,16,18,19)/b13-11-. The number of hydrogen-bond donors (Lipinski definition) is 1. The average Bonchev–Trinajstić information content (AvgIpc) is 3.26. The highest BCUT2D eigenvalue weighted by atomic mass is 32.2. The quantitative estimate of drug-likeness (QED) is 0.822. The molecule has 3 aliphatic rings. The van der Waals surface area contributed by atoms with E-state index >= 15 is 0 Å². The molecule has 8 heteroatoms. The van der Waals surface area contributed by atoms with Crippen LogP contribution in [-0.4, -0.2) is 37.0 Å². The van der Waals surface area contributed by atoms with Crippen LogP contribution < -0.4 is 5.32 Å². The van der Waals surface area contributed by atoms with E-state index in [0.29, 0.717) is 28.5 Å². The summed E-state index contributed by atoms with van der Waals surface area (Å²) in [4.78, 5) is 24.0. The van der Waals surface area contributed by atoms with Gasteiger partial charge in [0, 0.05) is 18.7 Å². The molecule has 2 heterocycles. The van der Waals surface area contributed by atoms with Crippen molar-refractivity contribution in [2.75, 3.05) is 13.1 Å². The van der Waals surface area contributed by atoms with Crippen LogP contribution in [0.15, 0.2) is 34.1 Å². The second-order valence-electron chi connectivity index (χ2n) is 5.89. The van der Waals surface area contributed by atoms with E-state index in [-0.39, 0.29) is 11.4 Å². The SMILES string of the molecule is O=C1NC(=O)/C(=C2\CN(CC3CC3)S(=O)(=O)c3ccccc32)S1. The molecule has 0 atom stereocenters. The molecular formula is C15H14N2O4S2. The van der Waals surface area contributed by atoms with Crippen LogP contribution >= 0.6 is 11.8 Å². The second-order valence-corrected chi connectivity index (χ2v) is 8.78. The van der Waals surface area contributed by atoms with Crippen molar-refractivity contribution in [3.8, 4) is 0 Å². The van der Waals surface area contributed by atoms with E-state index in [2.05, 4.69) is 5.32 Å². The number of fused-ring (bicyclic) bond motifs is 1. The van der Waals surface area contributed by atoms with Gasteiger partial charge in [-0.3, -0.25) is 14.9 Å². The van der Waals surface area contributed by atoms with Crippen LogP contribution in [0.2, 0.25) is 0 Å². The fourth-order valence-electron chi connectivity index (χ4n) is 2.88. The zero-order chi connectivity index (χ0) is 16.2. The zero-order valence-corrected chi connectivity index (χ0v) is 13.7. The van der Waals surface area contributed by atoms with Gasteiger partial charge in [0.2, 0.25) is 10.0 Å². The highest BCUT2D eigenvalue weighted by Gasteiger charge is 2.40. The van der Waals surface area contributed by atoms with Crippen LogP contribution in [0.3, 0.4) is 0 Å².